The molecular weight excluding hydrogens is 363 g/mol. The molecule has 1 aliphatic rings. The number of carbonyl (C=O) groups is 1. The predicted octanol–water partition coefficient (Wildman–Crippen LogP) is 2.28. The van der Waals surface area contributed by atoms with Crippen LogP contribution in [0.5, 0.6) is 0 Å². The highest BCUT2D eigenvalue weighted by atomic mass is 127. The molecule has 94 valence electrons. The van der Waals surface area contributed by atoms with Gasteiger partial charge in [-0.3, -0.25) is 4.99 Å². The Morgan fingerprint density at radius 3 is 3.22 bits per heavy atom. The molecule has 1 aromatic heterocycles. The van der Waals surface area contributed by atoms with E-state index in [-0.39, 0.29) is 12.6 Å². The Labute approximate surface area is 123 Å². The summed E-state index contributed by atoms with van der Waals surface area (Å²) in [6, 6.07) is 5.31. The summed E-state index contributed by atoms with van der Waals surface area (Å²) < 4.78 is 5.89. The lowest BCUT2D eigenvalue weighted by Gasteiger charge is -2.04. The van der Waals surface area contributed by atoms with Crippen LogP contribution in [0.15, 0.2) is 35.8 Å². The molecule has 1 atom stereocenters. The Morgan fingerprint density at radius 2 is 2.50 bits per heavy atom. The fraction of sp³-hybridized carbons (Fsp3) is 0.250. The maximum absolute atomic E-state index is 11.6. The van der Waals surface area contributed by atoms with Crippen molar-refractivity contribution in [2.24, 2.45) is 4.99 Å². The van der Waals surface area contributed by atoms with Crippen LogP contribution in [0.3, 0.4) is 0 Å². The molecule has 2 heterocycles. The van der Waals surface area contributed by atoms with Crippen molar-refractivity contribution in [1.82, 2.24) is 4.98 Å². The number of pyridine rings is 1. The molecule has 1 aliphatic heterocycles. The number of carbonyl (C=O) groups excluding carboxylic acids is 1. The lowest BCUT2D eigenvalue weighted by Crippen LogP contribution is -2.21. The molecule has 0 saturated carbocycles. The second-order valence-electron chi connectivity index (χ2n) is 3.53. The molecule has 0 amide bonds. The summed E-state index contributed by atoms with van der Waals surface area (Å²) >= 11 is 3.68. The summed E-state index contributed by atoms with van der Waals surface area (Å²) in [6.07, 6.45) is 1.55. The normalized spacial score (nSPS) is 18.3. The lowest BCUT2D eigenvalue weighted by molar-refractivity contribution is -0.143. The number of ether oxygens (including phenoxy) is 1. The summed E-state index contributed by atoms with van der Waals surface area (Å²) in [5, 5.41) is 0.800. The molecule has 0 bridgehead atoms. The third-order valence-electron chi connectivity index (χ3n) is 2.20. The number of nitrogens with zero attached hydrogens (tertiary/aromatic N) is 2. The number of hydrogen-bond donors (Lipinski definition) is 0. The fourth-order valence-electron chi connectivity index (χ4n) is 1.40. The minimum Gasteiger partial charge on any atom is -0.460 e. The topological polar surface area (TPSA) is 51.5 Å². The van der Waals surface area contributed by atoms with Crippen LogP contribution in [-0.4, -0.2) is 34.4 Å². The second-order valence-corrected chi connectivity index (χ2v) is 5.64. The average molecular weight is 374 g/mol. The smallest absolute Gasteiger partial charge is 0.332 e. The Balaban J connectivity index is 2.08. The van der Waals surface area contributed by atoms with E-state index >= 15 is 0 Å². The van der Waals surface area contributed by atoms with Gasteiger partial charge in [0, 0.05) is 5.75 Å². The van der Waals surface area contributed by atoms with E-state index in [9.17, 15) is 4.79 Å². The molecule has 4 nitrogen and oxygen atoms in total. The van der Waals surface area contributed by atoms with Crippen LogP contribution in [-0.2, 0) is 9.53 Å². The lowest BCUT2D eigenvalue weighted by atomic mass is 10.3. The number of halogens is 1. The number of hydrogen-bond acceptors (Lipinski definition) is 5. The summed E-state index contributed by atoms with van der Waals surface area (Å²) in [4.78, 5) is 20.4. The molecule has 0 radical (unpaired) electrons. The maximum atomic E-state index is 11.6. The molecule has 0 fully saturated rings. The van der Waals surface area contributed by atoms with Gasteiger partial charge in [0.15, 0.2) is 6.04 Å². The first-order chi connectivity index (χ1) is 8.70. The van der Waals surface area contributed by atoms with Gasteiger partial charge in [-0.25, -0.2) is 9.78 Å². The predicted molar refractivity (Wildman–Crippen MR) is 80.9 cm³/mol. The number of aromatic nitrogens is 1. The Morgan fingerprint density at radius 1 is 1.67 bits per heavy atom. The minimum absolute atomic E-state index is 0.229. The highest BCUT2D eigenvalue weighted by Crippen LogP contribution is 2.23. The average Bonchev–Trinajstić information content (AvgIpc) is 2.85. The van der Waals surface area contributed by atoms with E-state index in [0.29, 0.717) is 5.75 Å². The largest absolute Gasteiger partial charge is 0.460 e. The van der Waals surface area contributed by atoms with Gasteiger partial charge in [0.2, 0.25) is 0 Å². The van der Waals surface area contributed by atoms with E-state index in [0.717, 1.165) is 14.4 Å². The fourth-order valence-corrected chi connectivity index (χ4v) is 2.86. The molecule has 0 saturated heterocycles. The first-order valence-corrected chi connectivity index (χ1v) is 7.38. The van der Waals surface area contributed by atoms with Gasteiger partial charge in [0.25, 0.3) is 0 Å². The summed E-state index contributed by atoms with van der Waals surface area (Å²) in [5.41, 5.74) is 0.811. The number of rotatable bonds is 4. The first-order valence-electron chi connectivity index (χ1n) is 5.32. The van der Waals surface area contributed by atoms with Crippen molar-refractivity contribution in [2.45, 2.75) is 6.04 Å². The van der Waals surface area contributed by atoms with Gasteiger partial charge in [-0.2, -0.15) is 0 Å². The van der Waals surface area contributed by atoms with Crippen molar-refractivity contribution in [1.29, 1.82) is 0 Å². The Kier molecular flexibility index (Phi) is 4.76. The van der Waals surface area contributed by atoms with Gasteiger partial charge in [-0.05, 0) is 34.7 Å². The van der Waals surface area contributed by atoms with E-state index < -0.39 is 6.04 Å². The highest BCUT2D eigenvalue weighted by molar-refractivity contribution is 14.1. The summed E-state index contributed by atoms with van der Waals surface area (Å²) in [6.45, 7) is 3.73. The van der Waals surface area contributed by atoms with Gasteiger partial charge < -0.3 is 4.74 Å². The molecule has 6 heteroatoms. The standard InChI is InChI=1S/C12H11IN2O2S/c1-2-6-17-12(16)9-7-18-11(15-9)8-4-3-5-10(13)14-8/h2-5,9H,1,6-7H2. The highest BCUT2D eigenvalue weighted by Gasteiger charge is 2.27. The quantitative estimate of drug-likeness (QED) is 0.351. The van der Waals surface area contributed by atoms with Gasteiger partial charge >= 0.3 is 5.97 Å². The van der Waals surface area contributed by atoms with E-state index in [1.807, 2.05) is 18.2 Å². The number of thioether (sulfide) groups is 1. The number of esters is 1. The van der Waals surface area contributed by atoms with Crippen LogP contribution in [0.25, 0.3) is 0 Å². The van der Waals surface area contributed by atoms with Crippen molar-refractivity contribution >= 4 is 45.4 Å². The van der Waals surface area contributed by atoms with Crippen LogP contribution in [0.2, 0.25) is 0 Å². The van der Waals surface area contributed by atoms with E-state index in [1.54, 1.807) is 6.08 Å². The number of aliphatic imine (C=N–C) groups is 1. The van der Waals surface area contributed by atoms with Gasteiger partial charge in [0.1, 0.15) is 15.4 Å². The van der Waals surface area contributed by atoms with Crippen LogP contribution in [0, 0.1) is 3.70 Å². The van der Waals surface area contributed by atoms with E-state index in [1.165, 1.54) is 11.8 Å². The molecule has 0 spiro atoms. The maximum Gasteiger partial charge on any atom is 0.332 e. The molecule has 1 aromatic rings. The zero-order valence-corrected chi connectivity index (χ0v) is 12.5. The summed E-state index contributed by atoms with van der Waals surface area (Å²) in [5.74, 6) is 0.307. The molecule has 0 aliphatic carbocycles. The third kappa shape index (κ3) is 3.32. The van der Waals surface area contributed by atoms with Gasteiger partial charge in [-0.1, -0.05) is 18.7 Å². The van der Waals surface area contributed by atoms with Crippen molar-refractivity contribution in [2.75, 3.05) is 12.4 Å². The van der Waals surface area contributed by atoms with Crippen LogP contribution >= 0.6 is 34.4 Å². The van der Waals surface area contributed by atoms with Gasteiger partial charge in [-0.15, -0.1) is 11.8 Å². The van der Waals surface area contributed by atoms with E-state index in [4.69, 9.17) is 4.74 Å². The second kappa shape index (κ2) is 6.33. The van der Waals surface area contributed by atoms with Crippen molar-refractivity contribution in [3.8, 4) is 0 Å². The minimum atomic E-state index is -0.426. The molecule has 2 rings (SSSR count). The molecule has 1 unspecified atom stereocenters. The third-order valence-corrected chi connectivity index (χ3v) is 3.87. The van der Waals surface area contributed by atoms with Gasteiger partial charge in [0.05, 0.1) is 5.69 Å². The van der Waals surface area contributed by atoms with E-state index in [2.05, 4.69) is 39.1 Å². The monoisotopic (exact) mass is 374 g/mol. The zero-order valence-electron chi connectivity index (χ0n) is 9.51. The molecule has 0 aromatic carbocycles. The first kappa shape index (κ1) is 13.5. The summed E-state index contributed by atoms with van der Waals surface area (Å²) in [7, 11) is 0. The molecule has 0 N–H and O–H groups in total. The molecular formula is C12H11IN2O2S. The van der Waals surface area contributed by atoms with Crippen LogP contribution < -0.4 is 0 Å². The van der Waals surface area contributed by atoms with Crippen LogP contribution in [0.4, 0.5) is 0 Å². The van der Waals surface area contributed by atoms with Crippen molar-refractivity contribution < 1.29 is 9.53 Å². The Hall–Kier alpha value is -0.890. The van der Waals surface area contributed by atoms with Crippen molar-refractivity contribution in [3.63, 3.8) is 0 Å². The molecule has 18 heavy (non-hydrogen) atoms. The zero-order chi connectivity index (χ0) is 13.0. The van der Waals surface area contributed by atoms with Crippen molar-refractivity contribution in [3.05, 3.63) is 40.2 Å². The Bertz CT molecular complexity index is 505. The SMILES string of the molecule is C=CCOC(=O)C1CSC(c2cccc(I)n2)=N1. The van der Waals surface area contributed by atoms with Crippen LogP contribution in [0.1, 0.15) is 5.69 Å².